The highest BCUT2D eigenvalue weighted by molar-refractivity contribution is 5.75. The normalized spacial score (nSPS) is 11.9. The van der Waals surface area contributed by atoms with Crippen molar-refractivity contribution in [1.29, 1.82) is 0 Å². The minimum atomic E-state index is -0.446. The van der Waals surface area contributed by atoms with E-state index in [2.05, 4.69) is 0 Å². The minimum Gasteiger partial charge on any atom is -0.465 e. The lowest BCUT2D eigenvalue weighted by Gasteiger charge is -2.15. The molecule has 0 saturated carbocycles. The van der Waals surface area contributed by atoms with Crippen molar-refractivity contribution >= 4 is 12.0 Å². The predicted octanol–water partition coefficient (Wildman–Crippen LogP) is 2.88. The molecule has 0 fully saturated rings. The molecule has 0 aliphatic heterocycles. The molecule has 3 heteroatoms. The van der Waals surface area contributed by atoms with E-state index in [0.29, 0.717) is 0 Å². The van der Waals surface area contributed by atoms with Crippen LogP contribution in [0.2, 0.25) is 0 Å². The maximum atomic E-state index is 11.3. The SMILES string of the molecule is CC(C)(C)C(=O)OC/C=C\c1ccco1. The van der Waals surface area contributed by atoms with Gasteiger partial charge in [0, 0.05) is 0 Å². The van der Waals surface area contributed by atoms with Gasteiger partial charge in [-0.2, -0.15) is 0 Å². The molecule has 0 spiro atoms. The van der Waals surface area contributed by atoms with Gasteiger partial charge in [0.15, 0.2) is 0 Å². The van der Waals surface area contributed by atoms with Crippen molar-refractivity contribution in [3.63, 3.8) is 0 Å². The van der Waals surface area contributed by atoms with Crippen LogP contribution in [0.3, 0.4) is 0 Å². The van der Waals surface area contributed by atoms with Crippen LogP contribution in [0, 0.1) is 5.41 Å². The van der Waals surface area contributed by atoms with Crippen LogP contribution in [-0.2, 0) is 9.53 Å². The molecule has 1 rings (SSSR count). The average Bonchev–Trinajstić information content (AvgIpc) is 2.63. The number of hydrogen-bond acceptors (Lipinski definition) is 3. The number of ether oxygens (including phenoxy) is 1. The van der Waals surface area contributed by atoms with E-state index in [0.717, 1.165) is 5.76 Å². The fraction of sp³-hybridized carbons (Fsp3) is 0.417. The van der Waals surface area contributed by atoms with Gasteiger partial charge in [-0.15, -0.1) is 0 Å². The van der Waals surface area contributed by atoms with Crippen molar-refractivity contribution < 1.29 is 13.9 Å². The third kappa shape index (κ3) is 4.02. The largest absolute Gasteiger partial charge is 0.465 e. The minimum absolute atomic E-state index is 0.202. The standard InChI is InChI=1S/C12H16O3/c1-12(2,3)11(13)15-9-5-7-10-6-4-8-14-10/h4-8H,9H2,1-3H3/b7-5-. The van der Waals surface area contributed by atoms with E-state index in [4.69, 9.17) is 9.15 Å². The van der Waals surface area contributed by atoms with Crippen LogP contribution in [0.15, 0.2) is 28.9 Å². The van der Waals surface area contributed by atoms with Crippen LogP contribution >= 0.6 is 0 Å². The molecule has 0 amide bonds. The molecule has 0 saturated heterocycles. The Balaban J connectivity index is 2.31. The van der Waals surface area contributed by atoms with E-state index in [1.54, 1.807) is 24.5 Å². The zero-order valence-corrected chi connectivity index (χ0v) is 9.32. The number of carbonyl (C=O) groups is 1. The van der Waals surface area contributed by atoms with Crippen LogP contribution in [0.1, 0.15) is 26.5 Å². The summed E-state index contributed by atoms with van der Waals surface area (Å²) in [5, 5.41) is 0. The number of furan rings is 1. The molecule has 0 aliphatic carbocycles. The van der Waals surface area contributed by atoms with Gasteiger partial charge in [-0.1, -0.05) is 0 Å². The van der Waals surface area contributed by atoms with Gasteiger partial charge >= 0.3 is 5.97 Å². The smallest absolute Gasteiger partial charge is 0.311 e. The Kier molecular flexibility index (Phi) is 3.72. The molecule has 0 N–H and O–H groups in total. The molecule has 0 radical (unpaired) electrons. The number of esters is 1. The molecular weight excluding hydrogens is 192 g/mol. The highest BCUT2D eigenvalue weighted by Gasteiger charge is 2.22. The van der Waals surface area contributed by atoms with Crippen molar-refractivity contribution in [2.24, 2.45) is 5.41 Å². The maximum Gasteiger partial charge on any atom is 0.311 e. The van der Waals surface area contributed by atoms with Gasteiger partial charge in [0.2, 0.25) is 0 Å². The van der Waals surface area contributed by atoms with E-state index in [1.165, 1.54) is 0 Å². The summed E-state index contributed by atoms with van der Waals surface area (Å²) in [7, 11) is 0. The number of carbonyl (C=O) groups excluding carboxylic acids is 1. The first kappa shape index (κ1) is 11.6. The van der Waals surface area contributed by atoms with Gasteiger partial charge in [0.05, 0.1) is 11.7 Å². The summed E-state index contributed by atoms with van der Waals surface area (Å²) in [6.07, 6.45) is 5.12. The summed E-state index contributed by atoms with van der Waals surface area (Å²) in [5.41, 5.74) is -0.446. The first-order valence-electron chi connectivity index (χ1n) is 4.87. The third-order valence-corrected chi connectivity index (χ3v) is 1.75. The molecule has 1 aromatic rings. The Morgan fingerprint density at radius 2 is 2.27 bits per heavy atom. The molecule has 82 valence electrons. The van der Waals surface area contributed by atoms with Crippen LogP contribution in [0.4, 0.5) is 0 Å². The quantitative estimate of drug-likeness (QED) is 0.717. The molecule has 3 nitrogen and oxygen atoms in total. The van der Waals surface area contributed by atoms with Crippen molar-refractivity contribution in [3.05, 3.63) is 30.2 Å². The molecule has 1 aromatic heterocycles. The summed E-state index contributed by atoms with van der Waals surface area (Å²) in [4.78, 5) is 11.3. The molecule has 0 aromatic carbocycles. The molecule has 0 atom stereocenters. The lowest BCUT2D eigenvalue weighted by molar-refractivity contribution is -0.151. The first-order chi connectivity index (χ1) is 7.00. The van der Waals surface area contributed by atoms with E-state index >= 15 is 0 Å². The Labute approximate surface area is 89.7 Å². The number of rotatable bonds is 3. The fourth-order valence-corrected chi connectivity index (χ4v) is 0.891. The van der Waals surface area contributed by atoms with Crippen molar-refractivity contribution in [3.8, 4) is 0 Å². The van der Waals surface area contributed by atoms with E-state index in [1.807, 2.05) is 26.8 Å². The van der Waals surface area contributed by atoms with Gasteiger partial charge in [0.1, 0.15) is 12.4 Å². The lowest BCUT2D eigenvalue weighted by Crippen LogP contribution is -2.22. The van der Waals surface area contributed by atoms with Crippen molar-refractivity contribution in [1.82, 2.24) is 0 Å². The van der Waals surface area contributed by atoms with Crippen LogP contribution < -0.4 is 0 Å². The second-order valence-electron chi connectivity index (χ2n) is 4.27. The molecule has 15 heavy (non-hydrogen) atoms. The van der Waals surface area contributed by atoms with Gasteiger partial charge < -0.3 is 9.15 Å². The average molecular weight is 208 g/mol. The Morgan fingerprint density at radius 1 is 1.53 bits per heavy atom. The summed E-state index contributed by atoms with van der Waals surface area (Å²) in [6.45, 7) is 5.75. The Bertz CT molecular complexity index is 328. The van der Waals surface area contributed by atoms with Crippen LogP contribution in [0.25, 0.3) is 6.08 Å². The van der Waals surface area contributed by atoms with Crippen molar-refractivity contribution in [2.45, 2.75) is 20.8 Å². The summed E-state index contributed by atoms with van der Waals surface area (Å²) in [6, 6.07) is 3.64. The molecule has 0 aliphatic rings. The van der Waals surface area contributed by atoms with Gasteiger partial charge in [-0.05, 0) is 45.1 Å². The highest BCUT2D eigenvalue weighted by atomic mass is 16.5. The second kappa shape index (κ2) is 4.82. The Morgan fingerprint density at radius 3 is 2.80 bits per heavy atom. The van der Waals surface area contributed by atoms with Crippen LogP contribution in [-0.4, -0.2) is 12.6 Å². The third-order valence-electron chi connectivity index (χ3n) is 1.75. The molecule has 0 bridgehead atoms. The van der Waals surface area contributed by atoms with E-state index in [-0.39, 0.29) is 12.6 Å². The van der Waals surface area contributed by atoms with E-state index in [9.17, 15) is 4.79 Å². The lowest BCUT2D eigenvalue weighted by atomic mass is 9.97. The maximum absolute atomic E-state index is 11.3. The second-order valence-corrected chi connectivity index (χ2v) is 4.27. The fourth-order valence-electron chi connectivity index (χ4n) is 0.891. The molecular formula is C12H16O3. The predicted molar refractivity (Wildman–Crippen MR) is 58.2 cm³/mol. The van der Waals surface area contributed by atoms with Gasteiger partial charge in [-0.25, -0.2) is 0 Å². The van der Waals surface area contributed by atoms with Crippen molar-refractivity contribution in [2.75, 3.05) is 6.61 Å². The zero-order valence-electron chi connectivity index (χ0n) is 9.32. The van der Waals surface area contributed by atoms with Gasteiger partial charge in [0.25, 0.3) is 0 Å². The summed E-state index contributed by atoms with van der Waals surface area (Å²) < 4.78 is 10.1. The summed E-state index contributed by atoms with van der Waals surface area (Å²) in [5.74, 6) is 0.549. The topological polar surface area (TPSA) is 39.4 Å². The Hall–Kier alpha value is -1.51. The first-order valence-corrected chi connectivity index (χ1v) is 4.87. The molecule has 1 heterocycles. The highest BCUT2D eigenvalue weighted by Crippen LogP contribution is 2.14. The number of hydrogen-bond donors (Lipinski definition) is 0. The zero-order chi connectivity index (χ0) is 11.3. The van der Waals surface area contributed by atoms with Crippen LogP contribution in [0.5, 0.6) is 0 Å². The van der Waals surface area contributed by atoms with Gasteiger partial charge in [-0.3, -0.25) is 4.79 Å². The summed E-state index contributed by atoms with van der Waals surface area (Å²) >= 11 is 0. The molecule has 0 unspecified atom stereocenters. The van der Waals surface area contributed by atoms with E-state index < -0.39 is 5.41 Å². The monoisotopic (exact) mass is 208 g/mol.